The first-order valence-electron chi connectivity index (χ1n) is 13.3. The Labute approximate surface area is 181 Å². The molecule has 166 valence electrons. The molecule has 4 aliphatic rings. The van der Waals surface area contributed by atoms with E-state index in [4.69, 9.17) is 0 Å². The van der Waals surface area contributed by atoms with Gasteiger partial charge in [-0.3, -0.25) is 4.79 Å². The molecule has 0 bridgehead atoms. The van der Waals surface area contributed by atoms with Crippen LogP contribution < -0.4 is 0 Å². The van der Waals surface area contributed by atoms with E-state index in [2.05, 4.69) is 34.6 Å². The highest BCUT2D eigenvalue weighted by Crippen LogP contribution is 2.67. The molecule has 1 nitrogen and oxygen atoms in total. The standard InChI is InChI=1S/C28H48O/c1-19(2)7-6-8-20(3)22-9-10-24-23(22)11-12-26-25(24)15-17-27(4)16-13-21(29)14-18-28(26,27)5/h19-20,22-26H,6-18H2,1-5H3/t20-,22+,23+,24+,25+,26+,27+,28+/m0/s1. The Hall–Kier alpha value is -0.330. The summed E-state index contributed by atoms with van der Waals surface area (Å²) in [5.74, 6) is 7.22. The predicted molar refractivity (Wildman–Crippen MR) is 123 cm³/mol. The Bertz CT molecular complexity index is 593. The van der Waals surface area contributed by atoms with Gasteiger partial charge in [-0.05, 0) is 104 Å². The Kier molecular flexibility index (Phi) is 6.27. The number of hydrogen-bond acceptors (Lipinski definition) is 1. The highest BCUT2D eigenvalue weighted by atomic mass is 16.1. The van der Waals surface area contributed by atoms with Gasteiger partial charge in [-0.2, -0.15) is 0 Å². The first-order chi connectivity index (χ1) is 13.7. The second-order valence-corrected chi connectivity index (χ2v) is 12.8. The first kappa shape index (κ1) is 21.9. The van der Waals surface area contributed by atoms with E-state index in [1.807, 2.05) is 0 Å². The highest BCUT2D eigenvalue weighted by Gasteiger charge is 2.59. The fourth-order valence-electron chi connectivity index (χ4n) is 9.01. The third-order valence-corrected chi connectivity index (χ3v) is 11.1. The number of carbonyl (C=O) groups is 1. The molecule has 4 rings (SSSR count). The summed E-state index contributed by atoms with van der Waals surface area (Å²) in [6, 6.07) is 0. The third-order valence-electron chi connectivity index (χ3n) is 11.1. The second-order valence-electron chi connectivity index (χ2n) is 12.8. The number of fused-ring (bicyclic) bond motifs is 5. The molecule has 4 fully saturated rings. The molecule has 0 aromatic heterocycles. The Morgan fingerprint density at radius 1 is 0.828 bits per heavy atom. The van der Waals surface area contributed by atoms with Crippen molar-refractivity contribution in [3.63, 3.8) is 0 Å². The number of rotatable bonds is 5. The number of ketones is 1. The van der Waals surface area contributed by atoms with Crippen LogP contribution in [0.25, 0.3) is 0 Å². The fourth-order valence-corrected chi connectivity index (χ4v) is 9.01. The van der Waals surface area contributed by atoms with Crippen LogP contribution in [0.3, 0.4) is 0 Å². The van der Waals surface area contributed by atoms with E-state index in [9.17, 15) is 4.79 Å². The van der Waals surface area contributed by atoms with Crippen molar-refractivity contribution in [3.05, 3.63) is 0 Å². The van der Waals surface area contributed by atoms with E-state index >= 15 is 0 Å². The van der Waals surface area contributed by atoms with E-state index < -0.39 is 0 Å². The molecule has 0 saturated heterocycles. The van der Waals surface area contributed by atoms with E-state index in [-0.39, 0.29) is 0 Å². The maximum absolute atomic E-state index is 12.3. The Balaban J connectivity index is 1.46. The summed E-state index contributed by atoms with van der Waals surface area (Å²) in [5.41, 5.74) is 0.823. The molecule has 0 spiro atoms. The molecule has 0 unspecified atom stereocenters. The maximum atomic E-state index is 12.3. The van der Waals surface area contributed by atoms with Gasteiger partial charge in [0.1, 0.15) is 5.78 Å². The largest absolute Gasteiger partial charge is 0.300 e. The zero-order valence-corrected chi connectivity index (χ0v) is 20.1. The summed E-state index contributed by atoms with van der Waals surface area (Å²) >= 11 is 0. The van der Waals surface area contributed by atoms with Gasteiger partial charge >= 0.3 is 0 Å². The molecule has 0 aromatic rings. The second kappa shape index (κ2) is 8.31. The third kappa shape index (κ3) is 3.87. The average Bonchev–Trinajstić information content (AvgIpc) is 3.07. The molecule has 8 atom stereocenters. The zero-order chi connectivity index (χ0) is 20.8. The van der Waals surface area contributed by atoms with Crippen LogP contribution in [-0.4, -0.2) is 5.78 Å². The van der Waals surface area contributed by atoms with Gasteiger partial charge in [0.2, 0.25) is 0 Å². The molecule has 0 heterocycles. The van der Waals surface area contributed by atoms with Gasteiger partial charge < -0.3 is 0 Å². The molecule has 0 N–H and O–H groups in total. The van der Waals surface area contributed by atoms with Crippen molar-refractivity contribution in [2.45, 2.75) is 118 Å². The summed E-state index contributed by atoms with van der Waals surface area (Å²) in [6.45, 7) is 12.5. The van der Waals surface area contributed by atoms with Crippen LogP contribution >= 0.6 is 0 Å². The van der Waals surface area contributed by atoms with Crippen molar-refractivity contribution in [2.75, 3.05) is 0 Å². The number of hydrogen-bond donors (Lipinski definition) is 0. The van der Waals surface area contributed by atoms with Crippen molar-refractivity contribution in [1.82, 2.24) is 0 Å². The summed E-state index contributed by atoms with van der Waals surface area (Å²) in [5, 5.41) is 0. The van der Waals surface area contributed by atoms with E-state index in [0.29, 0.717) is 16.6 Å². The van der Waals surface area contributed by atoms with Gasteiger partial charge in [0.25, 0.3) is 0 Å². The lowest BCUT2D eigenvalue weighted by molar-refractivity contribution is -0.121. The van der Waals surface area contributed by atoms with Crippen LogP contribution in [0.5, 0.6) is 0 Å². The van der Waals surface area contributed by atoms with Gasteiger partial charge in [-0.15, -0.1) is 0 Å². The zero-order valence-electron chi connectivity index (χ0n) is 20.1. The minimum absolute atomic E-state index is 0.411. The average molecular weight is 401 g/mol. The Morgan fingerprint density at radius 3 is 2.31 bits per heavy atom. The van der Waals surface area contributed by atoms with Gasteiger partial charge in [-0.1, -0.05) is 53.9 Å². The van der Waals surface area contributed by atoms with Gasteiger partial charge in [0.15, 0.2) is 0 Å². The molecule has 0 aromatic carbocycles. The minimum Gasteiger partial charge on any atom is -0.300 e. The first-order valence-corrected chi connectivity index (χ1v) is 13.3. The number of Topliss-reactive ketones (excluding diaryl/α,β-unsaturated/α-hetero) is 1. The normalized spacial score (nSPS) is 46.0. The monoisotopic (exact) mass is 400 g/mol. The van der Waals surface area contributed by atoms with Gasteiger partial charge in [0.05, 0.1) is 0 Å². The summed E-state index contributed by atoms with van der Waals surface area (Å²) in [4.78, 5) is 12.3. The lowest BCUT2D eigenvalue weighted by Crippen LogP contribution is -2.53. The fraction of sp³-hybridized carbons (Fsp3) is 0.964. The minimum atomic E-state index is 0.411. The van der Waals surface area contributed by atoms with Crippen molar-refractivity contribution >= 4 is 5.78 Å². The number of carbonyl (C=O) groups excluding carboxylic acids is 1. The topological polar surface area (TPSA) is 17.1 Å². The van der Waals surface area contributed by atoms with Crippen molar-refractivity contribution in [3.8, 4) is 0 Å². The summed E-state index contributed by atoms with van der Waals surface area (Å²) < 4.78 is 0. The predicted octanol–water partition coefficient (Wildman–Crippen LogP) is 8.07. The smallest absolute Gasteiger partial charge is 0.132 e. The lowest BCUT2D eigenvalue weighted by atomic mass is 9.44. The van der Waals surface area contributed by atoms with E-state index in [0.717, 1.165) is 60.7 Å². The molecule has 4 aliphatic carbocycles. The van der Waals surface area contributed by atoms with E-state index in [1.54, 1.807) is 0 Å². The molecule has 29 heavy (non-hydrogen) atoms. The van der Waals surface area contributed by atoms with Crippen molar-refractivity contribution in [1.29, 1.82) is 0 Å². The molecule has 4 saturated carbocycles. The SMILES string of the molecule is CC(C)CCC[C@H](C)[C@H]1CC[C@@H]2[C@@H]1CC[C@@H]1[C@@H]2CC[C@@]2(C)CCC(=O)CC[C@]12C. The molecule has 0 aliphatic heterocycles. The van der Waals surface area contributed by atoms with Crippen molar-refractivity contribution < 1.29 is 4.79 Å². The molecule has 0 radical (unpaired) electrons. The maximum Gasteiger partial charge on any atom is 0.132 e. The summed E-state index contributed by atoms with van der Waals surface area (Å²) in [6.07, 6.45) is 17.2. The molecular formula is C28H48O. The van der Waals surface area contributed by atoms with Crippen LogP contribution in [0.15, 0.2) is 0 Å². The molecule has 1 heteroatoms. The lowest BCUT2D eigenvalue weighted by Gasteiger charge is -2.61. The van der Waals surface area contributed by atoms with Gasteiger partial charge in [0, 0.05) is 12.8 Å². The van der Waals surface area contributed by atoms with Crippen LogP contribution in [0.1, 0.15) is 118 Å². The van der Waals surface area contributed by atoms with Crippen molar-refractivity contribution in [2.24, 2.45) is 52.3 Å². The quantitative estimate of drug-likeness (QED) is 0.456. The Morgan fingerprint density at radius 2 is 1.55 bits per heavy atom. The van der Waals surface area contributed by atoms with Gasteiger partial charge in [-0.25, -0.2) is 0 Å². The summed E-state index contributed by atoms with van der Waals surface area (Å²) in [7, 11) is 0. The van der Waals surface area contributed by atoms with Crippen LogP contribution in [0, 0.1) is 52.3 Å². The molecular weight excluding hydrogens is 352 g/mol. The van der Waals surface area contributed by atoms with Crippen LogP contribution in [0.2, 0.25) is 0 Å². The highest BCUT2D eigenvalue weighted by molar-refractivity contribution is 5.78. The van der Waals surface area contributed by atoms with Crippen LogP contribution in [0.4, 0.5) is 0 Å². The van der Waals surface area contributed by atoms with Crippen LogP contribution in [-0.2, 0) is 4.79 Å². The van der Waals surface area contributed by atoms with E-state index in [1.165, 1.54) is 64.2 Å². The molecule has 0 amide bonds.